The Morgan fingerprint density at radius 1 is 0.318 bits per heavy atom. The largest absolute Gasteiger partial charge is 0.0992 e. The molecule has 0 radical (unpaired) electrons. The molecule has 0 atom stereocenters. The highest BCUT2D eigenvalue weighted by molar-refractivity contribution is 4.95. The SMILES string of the molecule is c1ccc#cc2c#cccc#cccc#cc=2c#cccc#1. The molecule has 0 heterocycles. The van der Waals surface area contributed by atoms with E-state index < -0.39 is 0 Å². The van der Waals surface area contributed by atoms with Crippen molar-refractivity contribution in [3.05, 3.63) is 132 Å². The molecular formula is C22H8. The summed E-state index contributed by atoms with van der Waals surface area (Å²) >= 11 is 0. The van der Waals surface area contributed by atoms with E-state index in [4.69, 9.17) is 0 Å². The highest BCUT2D eigenvalue weighted by Gasteiger charge is 1.72. The number of hydrogen-bond acceptors (Lipinski definition) is 0. The van der Waals surface area contributed by atoms with Crippen molar-refractivity contribution < 1.29 is 0 Å². The summed E-state index contributed by atoms with van der Waals surface area (Å²) in [4.78, 5) is 0. The van der Waals surface area contributed by atoms with E-state index >= 15 is 0 Å². The highest BCUT2D eigenvalue weighted by Crippen LogP contribution is 1.79. The summed E-state index contributed by atoms with van der Waals surface area (Å²) in [5.74, 6) is 0. The van der Waals surface area contributed by atoms with Gasteiger partial charge in [0, 0.05) is 0 Å². The molecule has 0 amide bonds. The van der Waals surface area contributed by atoms with Gasteiger partial charge in [-0.1, -0.05) is 72.8 Å². The van der Waals surface area contributed by atoms with Crippen LogP contribution in [0.5, 0.6) is 0 Å². The van der Waals surface area contributed by atoms with Gasteiger partial charge in [0.1, 0.15) is 0 Å². The van der Waals surface area contributed by atoms with Gasteiger partial charge in [-0.3, -0.25) is 0 Å². The molecule has 0 fully saturated rings. The molecule has 0 aromatic carbocycles. The lowest BCUT2D eigenvalue weighted by Crippen LogP contribution is -1.59. The molecule has 96 valence electrons. The first-order valence-electron chi connectivity index (χ1n) is 6.39. The normalized spacial score (nSPS) is 6.73. The van der Waals surface area contributed by atoms with Gasteiger partial charge in [-0.15, -0.1) is 0 Å². The van der Waals surface area contributed by atoms with Crippen LogP contribution in [-0.2, 0) is 0 Å². The molecule has 0 aromatic heterocycles. The van der Waals surface area contributed by atoms with Crippen molar-refractivity contribution in [1.82, 2.24) is 0 Å². The third kappa shape index (κ3) is 5.36. The monoisotopic (exact) mass is 272 g/mol. The van der Waals surface area contributed by atoms with Crippen molar-refractivity contribution >= 4 is 0 Å². The quantitative estimate of drug-likeness (QED) is 0.689. The van der Waals surface area contributed by atoms with E-state index in [1.165, 1.54) is 0 Å². The number of hydrogen-bond donors (Lipinski definition) is 0. The third-order valence-corrected chi connectivity index (χ3v) is 2.21. The molecule has 0 unspecified atom stereocenters. The molecule has 0 aliphatic heterocycles. The maximum absolute atomic E-state index is 2.97. The molecule has 2 aliphatic rings. The Hall–Kier alpha value is -3.94. The molecule has 0 nitrogen and oxygen atoms in total. The standard InChI is InChI=1S/C22H8/c1-2-6-10-14-18-22-20-16-12-8-4-3-7-11-15-19-21(22)17-13-9-5-1/h5-12H. The first kappa shape index (κ1) is 14.5. The van der Waals surface area contributed by atoms with Crippen molar-refractivity contribution in [2.75, 3.05) is 0 Å². The summed E-state index contributed by atoms with van der Waals surface area (Å²) < 4.78 is 0. The minimum absolute atomic E-state index is 0.582. The fraction of sp³-hybridized carbons (Fsp3) is 0. The average molecular weight is 272 g/mol. The van der Waals surface area contributed by atoms with Gasteiger partial charge in [0.15, 0.2) is 0 Å². The van der Waals surface area contributed by atoms with Crippen LogP contribution in [0.2, 0.25) is 0 Å². The summed E-state index contributed by atoms with van der Waals surface area (Å²) in [5.41, 5.74) is 0. The van der Waals surface area contributed by atoms with Crippen LogP contribution in [0.25, 0.3) is 0 Å². The highest BCUT2D eigenvalue weighted by atomic mass is 13.7. The van der Waals surface area contributed by atoms with E-state index in [1.54, 1.807) is 48.5 Å². The van der Waals surface area contributed by atoms with Crippen LogP contribution in [0.4, 0.5) is 0 Å². The second-order valence-corrected chi connectivity index (χ2v) is 3.74. The lowest BCUT2D eigenvalue weighted by atomic mass is 10.3. The molecule has 0 aromatic rings. The second kappa shape index (κ2) is 9.04. The van der Waals surface area contributed by atoms with Crippen molar-refractivity contribution in [3.63, 3.8) is 0 Å². The predicted molar refractivity (Wildman–Crippen MR) is 80.7 cm³/mol. The van der Waals surface area contributed by atoms with Gasteiger partial charge in [0.25, 0.3) is 0 Å². The second-order valence-electron chi connectivity index (χ2n) is 3.74. The van der Waals surface area contributed by atoms with Crippen LogP contribution in [0.1, 0.15) is 0 Å². The van der Waals surface area contributed by atoms with E-state index in [0.29, 0.717) is 10.4 Å². The topological polar surface area (TPSA) is 0 Å². The zero-order valence-corrected chi connectivity index (χ0v) is 11.6. The Balaban J connectivity index is 2.88. The van der Waals surface area contributed by atoms with Crippen LogP contribution >= 0.6 is 0 Å². The van der Waals surface area contributed by atoms with E-state index in [0.717, 1.165) is 0 Å². The van der Waals surface area contributed by atoms with E-state index in [2.05, 4.69) is 72.8 Å². The first-order valence-corrected chi connectivity index (χ1v) is 6.39. The first-order chi connectivity index (χ1) is 11.0. The Kier molecular flexibility index (Phi) is 5.95. The van der Waals surface area contributed by atoms with Crippen molar-refractivity contribution in [2.24, 2.45) is 0 Å². The van der Waals surface area contributed by atoms with Gasteiger partial charge in [-0.25, -0.2) is 0 Å². The molecule has 0 N–H and O–H groups in total. The maximum atomic E-state index is 2.97. The zero-order chi connectivity index (χ0) is 15.3. The molecule has 0 saturated carbocycles. The Bertz CT molecular complexity index is 670. The number of rotatable bonds is 0. The minimum atomic E-state index is 0.582. The van der Waals surface area contributed by atoms with Gasteiger partial charge < -0.3 is 0 Å². The summed E-state index contributed by atoms with van der Waals surface area (Å²) in [5, 5.41) is 1.16. The van der Waals surface area contributed by atoms with Crippen molar-refractivity contribution in [1.29, 1.82) is 0 Å². The molecule has 2 rings (SSSR count). The van der Waals surface area contributed by atoms with Crippen LogP contribution in [-0.4, -0.2) is 0 Å². The van der Waals surface area contributed by atoms with Gasteiger partial charge in [0.05, 0.1) is 10.4 Å². The molecule has 0 bridgehead atoms. The molecule has 22 heavy (non-hydrogen) atoms. The molecule has 0 saturated heterocycles. The molecule has 2 aliphatic carbocycles. The predicted octanol–water partition coefficient (Wildman–Crippen LogP) is 3.39. The fourth-order valence-corrected chi connectivity index (χ4v) is 1.29. The van der Waals surface area contributed by atoms with Crippen molar-refractivity contribution in [3.8, 4) is 0 Å². The molecule has 0 heteroatoms. The Morgan fingerprint density at radius 3 is 0.818 bits per heavy atom. The van der Waals surface area contributed by atoms with Crippen LogP contribution in [0, 0.1) is 83.2 Å². The lowest BCUT2D eigenvalue weighted by molar-refractivity contribution is 1.57. The summed E-state index contributed by atoms with van der Waals surface area (Å²) in [6, 6.07) is 48.2. The molecular weight excluding hydrogens is 264 g/mol. The van der Waals surface area contributed by atoms with E-state index in [-0.39, 0.29) is 0 Å². The zero-order valence-electron chi connectivity index (χ0n) is 11.6. The van der Waals surface area contributed by atoms with Crippen LogP contribution < -0.4 is 0 Å². The summed E-state index contributed by atoms with van der Waals surface area (Å²) in [6.07, 6.45) is 0. The van der Waals surface area contributed by atoms with Gasteiger partial charge in [-0.2, -0.15) is 0 Å². The van der Waals surface area contributed by atoms with Crippen molar-refractivity contribution in [2.45, 2.75) is 0 Å². The van der Waals surface area contributed by atoms with Gasteiger partial charge in [0.2, 0.25) is 0 Å². The van der Waals surface area contributed by atoms with E-state index in [9.17, 15) is 0 Å². The molecule has 0 spiro atoms. The van der Waals surface area contributed by atoms with E-state index in [1.807, 2.05) is 0 Å². The summed E-state index contributed by atoms with van der Waals surface area (Å²) in [7, 11) is 0. The van der Waals surface area contributed by atoms with Crippen LogP contribution in [0.3, 0.4) is 0 Å². The minimum Gasteiger partial charge on any atom is -0.0696 e. The van der Waals surface area contributed by atoms with Crippen LogP contribution in [0.15, 0.2) is 48.5 Å². The average Bonchev–Trinajstić information content (AvgIpc) is 2.51. The van der Waals surface area contributed by atoms with Gasteiger partial charge in [-0.05, 0) is 48.5 Å². The summed E-state index contributed by atoms with van der Waals surface area (Å²) in [6.45, 7) is 0. The maximum Gasteiger partial charge on any atom is 0.0992 e. The Labute approximate surface area is 132 Å². The van der Waals surface area contributed by atoms with Gasteiger partial charge >= 0.3 is 0 Å². The smallest absolute Gasteiger partial charge is 0.0696 e. The Morgan fingerprint density at radius 2 is 0.545 bits per heavy atom. The lowest BCUT2D eigenvalue weighted by Gasteiger charge is -1.67. The third-order valence-electron chi connectivity index (χ3n) is 2.21. The fourth-order valence-electron chi connectivity index (χ4n) is 1.29.